The van der Waals surface area contributed by atoms with Crippen molar-refractivity contribution in [3.63, 3.8) is 0 Å². The van der Waals surface area contributed by atoms with Gasteiger partial charge in [0.25, 0.3) is 0 Å². The van der Waals surface area contributed by atoms with Crippen LogP contribution in [0.25, 0.3) is 0 Å². The van der Waals surface area contributed by atoms with E-state index in [1.54, 1.807) is 6.07 Å². The van der Waals surface area contributed by atoms with Gasteiger partial charge in [0, 0.05) is 12.1 Å². The summed E-state index contributed by atoms with van der Waals surface area (Å²) in [6.07, 6.45) is 0. The highest BCUT2D eigenvalue weighted by Gasteiger charge is 2.01. The first-order chi connectivity index (χ1) is 6.19. The van der Waals surface area contributed by atoms with Gasteiger partial charge in [0.1, 0.15) is 0 Å². The molecule has 1 aromatic rings. The van der Waals surface area contributed by atoms with Gasteiger partial charge in [-0.1, -0.05) is 17.3 Å². The summed E-state index contributed by atoms with van der Waals surface area (Å²) in [6, 6.07) is 5.50. The van der Waals surface area contributed by atoms with E-state index in [2.05, 4.69) is 5.16 Å². The zero-order valence-electron chi connectivity index (χ0n) is 7.49. The van der Waals surface area contributed by atoms with Gasteiger partial charge < -0.3 is 16.7 Å². The van der Waals surface area contributed by atoms with E-state index in [4.69, 9.17) is 16.7 Å². The molecule has 0 bridgehead atoms. The molecule has 0 spiro atoms. The van der Waals surface area contributed by atoms with E-state index in [0.29, 0.717) is 12.1 Å². The van der Waals surface area contributed by atoms with E-state index >= 15 is 0 Å². The lowest BCUT2D eigenvalue weighted by Gasteiger charge is -2.04. The topological polar surface area (TPSA) is 84.6 Å². The standard InChI is InChI=1S/C9H13N3O/c1-6-4-7(9(11)12-13)2-3-8(6)5-10/h2-4,13H,5,10H2,1H3,(H2,11,12). The third kappa shape index (κ3) is 1.97. The molecule has 0 atom stereocenters. The minimum atomic E-state index is 0.117. The third-order valence-corrected chi connectivity index (χ3v) is 1.97. The van der Waals surface area contributed by atoms with E-state index in [1.165, 1.54) is 0 Å². The van der Waals surface area contributed by atoms with Gasteiger partial charge in [0.05, 0.1) is 0 Å². The summed E-state index contributed by atoms with van der Waals surface area (Å²) in [4.78, 5) is 0. The number of amidine groups is 1. The molecule has 5 N–H and O–H groups in total. The summed E-state index contributed by atoms with van der Waals surface area (Å²) in [5.41, 5.74) is 13.7. The molecule has 0 saturated heterocycles. The van der Waals surface area contributed by atoms with Crippen LogP contribution in [-0.4, -0.2) is 11.0 Å². The van der Waals surface area contributed by atoms with Crippen LogP contribution in [0.15, 0.2) is 23.4 Å². The van der Waals surface area contributed by atoms with Crippen LogP contribution in [0.4, 0.5) is 0 Å². The zero-order chi connectivity index (χ0) is 9.84. The van der Waals surface area contributed by atoms with Crippen LogP contribution in [0.3, 0.4) is 0 Å². The highest BCUT2D eigenvalue weighted by atomic mass is 16.4. The van der Waals surface area contributed by atoms with Crippen LogP contribution in [0, 0.1) is 6.92 Å². The van der Waals surface area contributed by atoms with Crippen molar-refractivity contribution in [3.8, 4) is 0 Å². The van der Waals surface area contributed by atoms with E-state index in [-0.39, 0.29) is 5.84 Å². The Kier molecular flexibility index (Phi) is 2.87. The predicted octanol–water partition coefficient (Wildman–Crippen LogP) is 0.548. The van der Waals surface area contributed by atoms with Crippen molar-refractivity contribution in [1.82, 2.24) is 0 Å². The highest BCUT2D eigenvalue weighted by molar-refractivity contribution is 5.97. The van der Waals surface area contributed by atoms with Crippen molar-refractivity contribution in [2.45, 2.75) is 13.5 Å². The maximum atomic E-state index is 8.44. The molecule has 0 fully saturated rings. The van der Waals surface area contributed by atoms with Gasteiger partial charge in [-0.3, -0.25) is 0 Å². The largest absolute Gasteiger partial charge is 0.409 e. The van der Waals surface area contributed by atoms with Crippen molar-refractivity contribution in [2.75, 3.05) is 0 Å². The zero-order valence-corrected chi connectivity index (χ0v) is 7.49. The maximum Gasteiger partial charge on any atom is 0.170 e. The second-order valence-corrected chi connectivity index (χ2v) is 2.83. The molecule has 0 aliphatic heterocycles. The molecule has 13 heavy (non-hydrogen) atoms. The van der Waals surface area contributed by atoms with Crippen LogP contribution >= 0.6 is 0 Å². The van der Waals surface area contributed by atoms with Gasteiger partial charge in [0.15, 0.2) is 5.84 Å². The molecule has 0 aliphatic carbocycles. The first kappa shape index (κ1) is 9.54. The van der Waals surface area contributed by atoms with Crippen LogP contribution < -0.4 is 11.5 Å². The average molecular weight is 179 g/mol. The predicted molar refractivity (Wildman–Crippen MR) is 51.6 cm³/mol. The third-order valence-electron chi connectivity index (χ3n) is 1.97. The van der Waals surface area contributed by atoms with Crippen molar-refractivity contribution in [1.29, 1.82) is 0 Å². The van der Waals surface area contributed by atoms with Crippen molar-refractivity contribution < 1.29 is 5.21 Å². The van der Waals surface area contributed by atoms with E-state index < -0.39 is 0 Å². The number of rotatable bonds is 2. The second kappa shape index (κ2) is 3.91. The number of aryl methyl sites for hydroxylation is 1. The molecule has 0 saturated carbocycles. The fraction of sp³-hybridized carbons (Fsp3) is 0.222. The van der Waals surface area contributed by atoms with Crippen molar-refractivity contribution >= 4 is 5.84 Å². The van der Waals surface area contributed by atoms with Gasteiger partial charge in [-0.05, 0) is 24.1 Å². The number of hydrogen-bond acceptors (Lipinski definition) is 3. The number of nitrogens with two attached hydrogens (primary N) is 2. The molecule has 0 heterocycles. The van der Waals surface area contributed by atoms with Gasteiger partial charge in [-0.2, -0.15) is 0 Å². The minimum absolute atomic E-state index is 0.117. The minimum Gasteiger partial charge on any atom is -0.409 e. The summed E-state index contributed by atoms with van der Waals surface area (Å²) in [7, 11) is 0. The number of hydrogen-bond donors (Lipinski definition) is 3. The smallest absolute Gasteiger partial charge is 0.170 e. The number of oxime groups is 1. The van der Waals surface area contributed by atoms with Gasteiger partial charge >= 0.3 is 0 Å². The molecule has 0 unspecified atom stereocenters. The molecule has 0 radical (unpaired) electrons. The fourth-order valence-electron chi connectivity index (χ4n) is 1.14. The van der Waals surface area contributed by atoms with E-state index in [9.17, 15) is 0 Å². The van der Waals surface area contributed by atoms with E-state index in [1.807, 2.05) is 19.1 Å². The monoisotopic (exact) mass is 179 g/mol. The Labute approximate surface area is 76.8 Å². The maximum absolute atomic E-state index is 8.44. The quantitative estimate of drug-likeness (QED) is 0.268. The molecule has 0 aliphatic rings. The number of nitrogens with zero attached hydrogens (tertiary/aromatic N) is 1. The Bertz CT molecular complexity index is 334. The van der Waals surface area contributed by atoms with Crippen LogP contribution in [-0.2, 0) is 6.54 Å². The normalized spacial score (nSPS) is 11.7. The molecule has 4 heteroatoms. The fourth-order valence-corrected chi connectivity index (χ4v) is 1.14. The average Bonchev–Trinajstić information content (AvgIpc) is 2.16. The van der Waals surface area contributed by atoms with Gasteiger partial charge in [-0.25, -0.2) is 0 Å². The molecule has 70 valence electrons. The van der Waals surface area contributed by atoms with Crippen LogP contribution in [0.1, 0.15) is 16.7 Å². The summed E-state index contributed by atoms with van der Waals surface area (Å²) < 4.78 is 0. The lowest BCUT2D eigenvalue weighted by molar-refractivity contribution is 0.318. The summed E-state index contributed by atoms with van der Waals surface area (Å²) in [6.45, 7) is 2.44. The highest BCUT2D eigenvalue weighted by Crippen LogP contribution is 2.09. The second-order valence-electron chi connectivity index (χ2n) is 2.83. The Morgan fingerprint density at radius 3 is 2.69 bits per heavy atom. The van der Waals surface area contributed by atoms with Gasteiger partial charge in [-0.15, -0.1) is 0 Å². The van der Waals surface area contributed by atoms with Crippen molar-refractivity contribution in [3.05, 3.63) is 34.9 Å². The Morgan fingerprint density at radius 1 is 1.54 bits per heavy atom. The van der Waals surface area contributed by atoms with Crippen LogP contribution in [0.2, 0.25) is 0 Å². The lowest BCUT2D eigenvalue weighted by atomic mass is 10.0. The number of benzene rings is 1. The lowest BCUT2D eigenvalue weighted by Crippen LogP contribution is -2.13. The Hall–Kier alpha value is -1.55. The Morgan fingerprint density at radius 2 is 2.23 bits per heavy atom. The first-order valence-electron chi connectivity index (χ1n) is 3.96. The molecular formula is C9H13N3O. The SMILES string of the molecule is Cc1cc(/C(N)=N/O)ccc1CN. The molecule has 1 rings (SSSR count). The summed E-state index contributed by atoms with van der Waals surface area (Å²) in [5.74, 6) is 0.117. The molecule has 0 amide bonds. The first-order valence-corrected chi connectivity index (χ1v) is 3.96. The van der Waals surface area contributed by atoms with Crippen LogP contribution in [0.5, 0.6) is 0 Å². The molecule has 1 aromatic carbocycles. The molecule has 4 nitrogen and oxygen atoms in total. The van der Waals surface area contributed by atoms with Crippen molar-refractivity contribution in [2.24, 2.45) is 16.6 Å². The molecular weight excluding hydrogens is 166 g/mol. The molecule has 0 aromatic heterocycles. The summed E-state index contributed by atoms with van der Waals surface area (Å²) >= 11 is 0. The Balaban J connectivity index is 3.10. The summed E-state index contributed by atoms with van der Waals surface area (Å²) in [5, 5.41) is 11.4. The van der Waals surface area contributed by atoms with E-state index in [0.717, 1.165) is 11.1 Å². The van der Waals surface area contributed by atoms with Gasteiger partial charge in [0.2, 0.25) is 0 Å².